The van der Waals surface area contributed by atoms with Gasteiger partial charge in [0.1, 0.15) is 11.6 Å². The molecule has 0 radical (unpaired) electrons. The first-order valence-electron chi connectivity index (χ1n) is 11.1. The maximum Gasteiger partial charge on any atom is 0.408 e. The molecule has 3 amide bonds. The number of hydrogen-bond acceptors (Lipinski definition) is 7. The molecule has 2 unspecified atom stereocenters. The Hall–Kier alpha value is -3.14. The molecule has 2 aliphatic heterocycles. The van der Waals surface area contributed by atoms with Gasteiger partial charge < -0.3 is 20.1 Å². The van der Waals surface area contributed by atoms with Gasteiger partial charge in [-0.1, -0.05) is 12.1 Å². The molecule has 2 aliphatic rings. The Morgan fingerprint density at radius 3 is 2.33 bits per heavy atom. The number of benzene rings is 1. The van der Waals surface area contributed by atoms with E-state index in [0.29, 0.717) is 39.0 Å². The summed E-state index contributed by atoms with van der Waals surface area (Å²) >= 11 is 0. The second kappa shape index (κ2) is 10.2. The maximum atomic E-state index is 12.1. The van der Waals surface area contributed by atoms with Gasteiger partial charge in [0.15, 0.2) is 0 Å². The molecule has 0 spiro atoms. The number of hydrogen-bond donors (Lipinski definition) is 3. The van der Waals surface area contributed by atoms with E-state index in [1.165, 1.54) is 0 Å². The zero-order valence-electron chi connectivity index (χ0n) is 19.3. The molecule has 1 aromatic rings. The van der Waals surface area contributed by atoms with Crippen molar-refractivity contribution in [3.05, 3.63) is 29.8 Å². The number of nitrogens with one attached hydrogen (secondary N) is 2. The van der Waals surface area contributed by atoms with E-state index in [2.05, 4.69) is 15.5 Å². The first-order valence-corrected chi connectivity index (χ1v) is 11.1. The summed E-state index contributed by atoms with van der Waals surface area (Å²) in [5.41, 5.74) is 1.21. The lowest BCUT2D eigenvalue weighted by Gasteiger charge is -2.37. The number of rotatable bonds is 6. The highest BCUT2D eigenvalue weighted by Gasteiger charge is 2.29. The summed E-state index contributed by atoms with van der Waals surface area (Å²) in [6.07, 6.45) is 0.120. The molecule has 2 saturated heterocycles. The normalized spacial score (nSPS) is 20.7. The number of nitrogens with zero attached hydrogens (tertiary/aromatic N) is 2. The first kappa shape index (κ1) is 24.5. The van der Waals surface area contributed by atoms with Gasteiger partial charge in [0.05, 0.1) is 5.92 Å². The third-order valence-corrected chi connectivity index (χ3v) is 5.70. The van der Waals surface area contributed by atoms with Crippen molar-refractivity contribution in [2.45, 2.75) is 51.2 Å². The monoisotopic (exact) mass is 460 g/mol. The number of aliphatic carboxylic acids is 1. The van der Waals surface area contributed by atoms with Gasteiger partial charge in [0, 0.05) is 44.8 Å². The summed E-state index contributed by atoms with van der Waals surface area (Å²) in [4.78, 5) is 51.2. The van der Waals surface area contributed by atoms with Crippen LogP contribution in [0.2, 0.25) is 0 Å². The summed E-state index contributed by atoms with van der Waals surface area (Å²) in [7, 11) is 0. The number of anilines is 1. The molecule has 2 heterocycles. The molecule has 180 valence electrons. The molecule has 10 heteroatoms. The number of carbonyl (C=O) groups is 4. The standard InChI is InChI=1S/C23H32N4O6/c1-23(2,3)33-22(32)24-18(21(30)31)14-26-10-12-27(13-11-26)16-6-4-15(5-7-16)17-8-9-19(28)25-20(17)29/h4-7,17-18H,8-14H2,1-3H3,(H,24,32)(H,30,31)(H,25,28,29). The van der Waals surface area contributed by atoms with Gasteiger partial charge in [0.25, 0.3) is 0 Å². The largest absolute Gasteiger partial charge is 0.480 e. The zero-order chi connectivity index (χ0) is 24.2. The number of carbonyl (C=O) groups excluding carboxylic acids is 3. The van der Waals surface area contributed by atoms with Crippen LogP contribution in [0.15, 0.2) is 24.3 Å². The van der Waals surface area contributed by atoms with Crippen LogP contribution in [0, 0.1) is 0 Å². The molecule has 3 N–H and O–H groups in total. The van der Waals surface area contributed by atoms with Gasteiger partial charge in [-0.05, 0) is 44.9 Å². The van der Waals surface area contributed by atoms with Gasteiger partial charge in [-0.15, -0.1) is 0 Å². The summed E-state index contributed by atoms with van der Waals surface area (Å²) in [5.74, 6) is -1.89. The Labute approximate surface area is 193 Å². The van der Waals surface area contributed by atoms with Crippen LogP contribution in [0.5, 0.6) is 0 Å². The van der Waals surface area contributed by atoms with Crippen molar-refractivity contribution < 1.29 is 29.0 Å². The molecule has 1 aromatic carbocycles. The first-order chi connectivity index (χ1) is 15.5. The van der Waals surface area contributed by atoms with E-state index < -0.39 is 23.7 Å². The van der Waals surface area contributed by atoms with Crippen molar-refractivity contribution in [3.63, 3.8) is 0 Å². The molecule has 2 atom stereocenters. The molecule has 0 aliphatic carbocycles. The lowest BCUT2D eigenvalue weighted by Crippen LogP contribution is -2.54. The predicted octanol–water partition coefficient (Wildman–Crippen LogP) is 1.31. The van der Waals surface area contributed by atoms with E-state index >= 15 is 0 Å². The Bertz CT molecular complexity index is 887. The minimum atomic E-state index is -1.10. The second-order valence-corrected chi connectivity index (χ2v) is 9.42. The van der Waals surface area contributed by atoms with Crippen molar-refractivity contribution in [3.8, 4) is 0 Å². The van der Waals surface area contributed by atoms with E-state index in [0.717, 1.165) is 11.3 Å². The van der Waals surface area contributed by atoms with Crippen LogP contribution in [0.3, 0.4) is 0 Å². The molecule has 0 bridgehead atoms. The van der Waals surface area contributed by atoms with Gasteiger partial charge in [0.2, 0.25) is 11.8 Å². The van der Waals surface area contributed by atoms with Crippen LogP contribution in [0.4, 0.5) is 10.5 Å². The third kappa shape index (κ3) is 6.92. The van der Waals surface area contributed by atoms with Gasteiger partial charge in [-0.2, -0.15) is 0 Å². The van der Waals surface area contributed by atoms with E-state index in [-0.39, 0.29) is 24.3 Å². The minimum absolute atomic E-state index is 0.191. The molecular formula is C23H32N4O6. The number of ether oxygens (including phenoxy) is 1. The van der Waals surface area contributed by atoms with E-state index in [1.807, 2.05) is 29.2 Å². The minimum Gasteiger partial charge on any atom is -0.480 e. The van der Waals surface area contributed by atoms with Crippen molar-refractivity contribution in [1.29, 1.82) is 0 Å². The van der Waals surface area contributed by atoms with E-state index in [9.17, 15) is 24.3 Å². The average molecular weight is 461 g/mol. The Balaban J connectivity index is 1.51. The fourth-order valence-corrected chi connectivity index (χ4v) is 4.01. The number of piperidine rings is 1. The van der Waals surface area contributed by atoms with Crippen molar-refractivity contribution in [2.24, 2.45) is 0 Å². The highest BCUT2D eigenvalue weighted by atomic mass is 16.6. The quantitative estimate of drug-likeness (QED) is 0.542. The summed E-state index contributed by atoms with van der Waals surface area (Å²) < 4.78 is 5.17. The highest BCUT2D eigenvalue weighted by molar-refractivity contribution is 6.00. The van der Waals surface area contributed by atoms with Gasteiger partial charge in [-0.25, -0.2) is 9.59 Å². The molecule has 0 saturated carbocycles. The number of imide groups is 1. The number of carboxylic acids is 1. The summed E-state index contributed by atoms with van der Waals surface area (Å²) in [6, 6.07) is 6.73. The van der Waals surface area contributed by atoms with Crippen LogP contribution in [-0.4, -0.2) is 78.3 Å². The smallest absolute Gasteiger partial charge is 0.408 e. The predicted molar refractivity (Wildman–Crippen MR) is 121 cm³/mol. The van der Waals surface area contributed by atoms with Gasteiger partial charge >= 0.3 is 12.1 Å². The fourth-order valence-electron chi connectivity index (χ4n) is 4.01. The van der Waals surface area contributed by atoms with Crippen molar-refractivity contribution >= 4 is 29.6 Å². The number of alkyl carbamates (subject to hydrolysis) is 1. The van der Waals surface area contributed by atoms with Crippen LogP contribution in [0.25, 0.3) is 0 Å². The van der Waals surface area contributed by atoms with Gasteiger partial charge in [-0.3, -0.25) is 19.8 Å². The summed E-state index contributed by atoms with van der Waals surface area (Å²) in [6.45, 7) is 8.06. The third-order valence-electron chi connectivity index (χ3n) is 5.70. The van der Waals surface area contributed by atoms with E-state index in [1.54, 1.807) is 20.8 Å². The molecular weight excluding hydrogens is 428 g/mol. The zero-order valence-corrected chi connectivity index (χ0v) is 19.3. The average Bonchev–Trinajstić information content (AvgIpc) is 2.73. The highest BCUT2D eigenvalue weighted by Crippen LogP contribution is 2.27. The number of piperazine rings is 1. The SMILES string of the molecule is CC(C)(C)OC(=O)NC(CN1CCN(c2ccc(C3CCC(=O)NC3=O)cc2)CC1)C(=O)O. The second-order valence-electron chi connectivity index (χ2n) is 9.42. The number of carboxylic acid groups (broad SMARTS) is 1. The van der Waals surface area contributed by atoms with Crippen LogP contribution >= 0.6 is 0 Å². The molecule has 33 heavy (non-hydrogen) atoms. The van der Waals surface area contributed by atoms with E-state index in [4.69, 9.17) is 4.74 Å². The van der Waals surface area contributed by atoms with Crippen molar-refractivity contribution in [1.82, 2.24) is 15.5 Å². The van der Waals surface area contributed by atoms with Crippen molar-refractivity contribution in [2.75, 3.05) is 37.6 Å². The topological polar surface area (TPSA) is 128 Å². The molecule has 0 aromatic heterocycles. The molecule has 3 rings (SSSR count). The Kier molecular flexibility index (Phi) is 7.57. The molecule has 2 fully saturated rings. The Morgan fingerprint density at radius 1 is 1.15 bits per heavy atom. The lowest BCUT2D eigenvalue weighted by atomic mass is 9.90. The molecule has 10 nitrogen and oxygen atoms in total. The Morgan fingerprint density at radius 2 is 1.79 bits per heavy atom. The fraction of sp³-hybridized carbons (Fsp3) is 0.565. The maximum absolute atomic E-state index is 12.1. The lowest BCUT2D eigenvalue weighted by molar-refractivity contribution is -0.140. The summed E-state index contributed by atoms with van der Waals surface area (Å²) in [5, 5.41) is 14.3. The van der Waals surface area contributed by atoms with Crippen LogP contribution < -0.4 is 15.5 Å². The number of amides is 3. The van der Waals surface area contributed by atoms with Crippen LogP contribution in [-0.2, 0) is 19.1 Å². The van der Waals surface area contributed by atoms with Crippen LogP contribution in [0.1, 0.15) is 45.1 Å².